The van der Waals surface area contributed by atoms with Crippen molar-refractivity contribution in [3.63, 3.8) is 0 Å². The fraction of sp³-hybridized carbons (Fsp3) is 0.389. The van der Waals surface area contributed by atoms with Gasteiger partial charge in [0.15, 0.2) is 5.16 Å². The first-order chi connectivity index (χ1) is 11.7. The lowest BCUT2D eigenvalue weighted by atomic mass is 10.0. The van der Waals surface area contributed by atoms with Crippen LogP contribution in [-0.2, 0) is 5.75 Å². The van der Waals surface area contributed by atoms with Crippen LogP contribution in [0.2, 0.25) is 0 Å². The quantitative estimate of drug-likeness (QED) is 0.616. The number of hydrogen-bond acceptors (Lipinski definition) is 5. The molecule has 0 atom stereocenters. The highest BCUT2D eigenvalue weighted by molar-refractivity contribution is 7.98. The molecule has 0 amide bonds. The van der Waals surface area contributed by atoms with Gasteiger partial charge in [-0.05, 0) is 36.5 Å². The van der Waals surface area contributed by atoms with Gasteiger partial charge in [0, 0.05) is 24.0 Å². The molecule has 1 saturated carbocycles. The first-order valence-electron chi connectivity index (χ1n) is 8.29. The minimum absolute atomic E-state index is 0.498. The summed E-state index contributed by atoms with van der Waals surface area (Å²) in [6.45, 7) is 4.40. The van der Waals surface area contributed by atoms with Crippen molar-refractivity contribution in [3.05, 3.63) is 54.0 Å². The average molecular weight is 340 g/mol. The molecule has 1 fully saturated rings. The van der Waals surface area contributed by atoms with Gasteiger partial charge in [0.25, 0.3) is 0 Å². The molecule has 124 valence electrons. The maximum Gasteiger partial charge on any atom is 0.226 e. The summed E-state index contributed by atoms with van der Waals surface area (Å²) in [6, 6.07) is 8.63. The van der Waals surface area contributed by atoms with Crippen LogP contribution in [-0.4, -0.2) is 19.7 Å². The van der Waals surface area contributed by atoms with Crippen molar-refractivity contribution >= 4 is 11.8 Å². The predicted octanol–water partition coefficient (Wildman–Crippen LogP) is 4.55. The van der Waals surface area contributed by atoms with Crippen LogP contribution in [0.3, 0.4) is 0 Å². The number of imidazole rings is 1. The number of hydrogen-bond donors (Lipinski definition) is 0. The molecule has 4 rings (SSSR count). The molecule has 5 nitrogen and oxygen atoms in total. The van der Waals surface area contributed by atoms with Crippen LogP contribution in [0.15, 0.2) is 46.2 Å². The summed E-state index contributed by atoms with van der Waals surface area (Å²) in [4.78, 5) is 4.46. The third-order valence-corrected chi connectivity index (χ3v) is 5.13. The molecule has 3 aromatic rings. The fourth-order valence-corrected chi connectivity index (χ4v) is 3.37. The maximum atomic E-state index is 5.71. The van der Waals surface area contributed by atoms with E-state index in [-0.39, 0.29) is 0 Å². The first kappa shape index (κ1) is 15.4. The van der Waals surface area contributed by atoms with Crippen molar-refractivity contribution in [2.45, 2.75) is 49.4 Å². The molecule has 2 aromatic heterocycles. The number of thioether (sulfide) groups is 1. The van der Waals surface area contributed by atoms with Crippen LogP contribution < -0.4 is 0 Å². The standard InChI is InChI=1S/C18H20N4OS/c1-12(2)13-5-7-15(8-6-13)22-10-9-19-18(22)24-11-16-20-21-17(23-16)14-3-4-14/h5-10,12,14H,3-4,11H2,1-2H3. The van der Waals surface area contributed by atoms with Crippen LogP contribution in [0.25, 0.3) is 5.69 Å². The number of benzene rings is 1. The van der Waals surface area contributed by atoms with Gasteiger partial charge in [-0.25, -0.2) is 4.98 Å². The fourth-order valence-electron chi connectivity index (χ4n) is 2.56. The van der Waals surface area contributed by atoms with Crippen LogP contribution in [0.1, 0.15) is 55.9 Å². The molecule has 0 bridgehead atoms. The molecule has 6 heteroatoms. The summed E-state index contributed by atoms with van der Waals surface area (Å²) in [5.74, 6) is 3.14. The minimum Gasteiger partial charge on any atom is -0.424 e. The Hall–Kier alpha value is -2.08. The molecule has 0 unspecified atom stereocenters. The van der Waals surface area contributed by atoms with E-state index < -0.39 is 0 Å². The van der Waals surface area contributed by atoms with Crippen LogP contribution in [0.4, 0.5) is 0 Å². The van der Waals surface area contributed by atoms with Gasteiger partial charge in [-0.15, -0.1) is 10.2 Å². The van der Waals surface area contributed by atoms with E-state index in [0.29, 0.717) is 23.5 Å². The van der Waals surface area contributed by atoms with E-state index in [1.165, 1.54) is 18.4 Å². The molecule has 0 aliphatic heterocycles. The summed E-state index contributed by atoms with van der Waals surface area (Å²) in [7, 11) is 0. The maximum absolute atomic E-state index is 5.71. The third kappa shape index (κ3) is 3.24. The number of nitrogens with zero attached hydrogens (tertiary/aromatic N) is 4. The van der Waals surface area contributed by atoms with Crippen molar-refractivity contribution in [2.75, 3.05) is 0 Å². The van der Waals surface area contributed by atoms with Gasteiger partial charge in [-0.2, -0.15) is 0 Å². The monoisotopic (exact) mass is 340 g/mol. The zero-order valence-electron chi connectivity index (χ0n) is 13.8. The zero-order chi connectivity index (χ0) is 16.5. The Kier molecular flexibility index (Phi) is 4.14. The Morgan fingerprint density at radius 1 is 1.21 bits per heavy atom. The highest BCUT2D eigenvalue weighted by Crippen LogP contribution is 2.39. The first-order valence-corrected chi connectivity index (χ1v) is 9.28. The lowest BCUT2D eigenvalue weighted by Gasteiger charge is -2.09. The van der Waals surface area contributed by atoms with Gasteiger partial charge >= 0.3 is 0 Å². The van der Waals surface area contributed by atoms with E-state index in [1.807, 2.05) is 12.4 Å². The van der Waals surface area contributed by atoms with Gasteiger partial charge < -0.3 is 4.42 Å². The molecule has 0 saturated heterocycles. The van der Waals surface area contributed by atoms with Crippen molar-refractivity contribution in [1.82, 2.24) is 19.7 Å². The predicted molar refractivity (Wildman–Crippen MR) is 93.5 cm³/mol. The molecule has 1 aliphatic rings. The van der Waals surface area contributed by atoms with E-state index in [0.717, 1.165) is 16.7 Å². The van der Waals surface area contributed by atoms with Crippen molar-refractivity contribution < 1.29 is 4.42 Å². The van der Waals surface area contributed by atoms with Crippen molar-refractivity contribution in [2.24, 2.45) is 0 Å². The molecule has 1 aromatic carbocycles. The Labute approximate surface area is 145 Å². The topological polar surface area (TPSA) is 56.7 Å². The molecular formula is C18H20N4OS. The van der Waals surface area contributed by atoms with Crippen LogP contribution in [0.5, 0.6) is 0 Å². The Balaban J connectivity index is 1.47. The van der Waals surface area contributed by atoms with Gasteiger partial charge in [0.2, 0.25) is 11.8 Å². The molecule has 0 spiro atoms. The Morgan fingerprint density at radius 3 is 2.71 bits per heavy atom. The number of rotatable bonds is 6. The van der Waals surface area contributed by atoms with E-state index in [9.17, 15) is 0 Å². The van der Waals surface area contributed by atoms with E-state index >= 15 is 0 Å². The molecule has 2 heterocycles. The SMILES string of the molecule is CC(C)c1ccc(-n2ccnc2SCc2nnc(C3CC3)o2)cc1. The molecular weight excluding hydrogens is 320 g/mol. The Morgan fingerprint density at radius 2 is 2.00 bits per heavy atom. The van der Waals surface area contributed by atoms with Gasteiger partial charge in [0.05, 0.1) is 5.75 Å². The van der Waals surface area contributed by atoms with E-state index in [1.54, 1.807) is 11.8 Å². The highest BCUT2D eigenvalue weighted by atomic mass is 32.2. The summed E-state index contributed by atoms with van der Waals surface area (Å²) < 4.78 is 7.80. The third-order valence-electron chi connectivity index (χ3n) is 4.18. The summed E-state index contributed by atoms with van der Waals surface area (Å²) >= 11 is 1.61. The van der Waals surface area contributed by atoms with Gasteiger partial charge in [-0.3, -0.25) is 4.57 Å². The second-order valence-electron chi connectivity index (χ2n) is 6.42. The lowest BCUT2D eigenvalue weighted by molar-refractivity contribution is 0.466. The van der Waals surface area contributed by atoms with Gasteiger partial charge in [-0.1, -0.05) is 37.7 Å². The smallest absolute Gasteiger partial charge is 0.226 e. The molecule has 1 aliphatic carbocycles. The van der Waals surface area contributed by atoms with Crippen LogP contribution in [0, 0.1) is 0 Å². The molecule has 0 N–H and O–H groups in total. The summed E-state index contributed by atoms with van der Waals surface area (Å²) in [5, 5.41) is 9.19. The van der Waals surface area contributed by atoms with Crippen molar-refractivity contribution in [3.8, 4) is 5.69 Å². The summed E-state index contributed by atoms with van der Waals surface area (Å²) in [6.07, 6.45) is 6.15. The largest absolute Gasteiger partial charge is 0.424 e. The number of aromatic nitrogens is 4. The minimum atomic E-state index is 0.498. The normalized spacial score (nSPS) is 14.5. The Bertz CT molecular complexity index is 818. The van der Waals surface area contributed by atoms with Crippen LogP contribution >= 0.6 is 11.8 Å². The lowest BCUT2D eigenvalue weighted by Crippen LogP contribution is -1.96. The molecule has 0 radical (unpaired) electrons. The van der Waals surface area contributed by atoms with E-state index in [4.69, 9.17) is 4.42 Å². The highest BCUT2D eigenvalue weighted by Gasteiger charge is 2.29. The average Bonchev–Trinajstić information content (AvgIpc) is 3.16. The van der Waals surface area contributed by atoms with Gasteiger partial charge in [0.1, 0.15) is 0 Å². The van der Waals surface area contributed by atoms with E-state index in [2.05, 4.69) is 57.9 Å². The molecule has 24 heavy (non-hydrogen) atoms. The second-order valence-corrected chi connectivity index (χ2v) is 7.37. The zero-order valence-corrected chi connectivity index (χ0v) is 14.7. The second kappa shape index (κ2) is 6.43. The summed E-state index contributed by atoms with van der Waals surface area (Å²) in [5.41, 5.74) is 2.45. The van der Waals surface area contributed by atoms with Crippen molar-refractivity contribution in [1.29, 1.82) is 0 Å².